The van der Waals surface area contributed by atoms with Crippen LogP contribution in [0.4, 0.5) is 8.78 Å². The lowest BCUT2D eigenvalue weighted by molar-refractivity contribution is 0.0599. The summed E-state index contributed by atoms with van der Waals surface area (Å²) in [6.45, 7) is 0. The first kappa shape index (κ1) is 13.5. The Labute approximate surface area is 104 Å². The Hall–Kier alpha value is -1.55. The van der Waals surface area contributed by atoms with Crippen LogP contribution in [0.25, 0.3) is 0 Å². The van der Waals surface area contributed by atoms with Crippen LogP contribution >= 0.6 is 15.9 Å². The lowest BCUT2D eigenvalue weighted by Gasteiger charge is -2.10. The minimum Gasteiger partial charge on any atom is -0.465 e. The fourth-order valence-corrected chi connectivity index (χ4v) is 1.85. The Balaban J connectivity index is 3.51. The highest BCUT2D eigenvalue weighted by Crippen LogP contribution is 2.26. The first-order chi connectivity index (χ1) is 8.04. The Kier molecular flexibility index (Phi) is 4.52. The van der Waals surface area contributed by atoms with E-state index in [1.165, 1.54) is 0 Å². The van der Waals surface area contributed by atoms with Gasteiger partial charge in [-0.15, -0.1) is 0 Å². The fourth-order valence-electron chi connectivity index (χ4n) is 1.26. The van der Waals surface area contributed by atoms with Crippen molar-refractivity contribution in [3.63, 3.8) is 0 Å². The van der Waals surface area contributed by atoms with Crippen LogP contribution in [0.3, 0.4) is 0 Å². The van der Waals surface area contributed by atoms with Gasteiger partial charge in [-0.1, -0.05) is 15.9 Å². The summed E-state index contributed by atoms with van der Waals surface area (Å²) in [6.07, 6.45) is -2.86. The molecule has 0 atom stereocenters. The molecule has 7 heteroatoms. The zero-order chi connectivity index (χ0) is 13.0. The molecular formula is C10H7BrF2N2O2. The number of methoxy groups -OCH3 is 1. The van der Waals surface area contributed by atoms with Crippen LogP contribution in [0.2, 0.25) is 0 Å². The minimum absolute atomic E-state index is 0.0236. The molecule has 0 N–H and O–H groups in total. The van der Waals surface area contributed by atoms with E-state index < -0.39 is 18.1 Å². The van der Waals surface area contributed by atoms with Crippen LogP contribution in [0.1, 0.15) is 33.7 Å². The van der Waals surface area contributed by atoms with Crippen LogP contribution in [0, 0.1) is 11.3 Å². The summed E-state index contributed by atoms with van der Waals surface area (Å²) < 4.78 is 29.9. The van der Waals surface area contributed by atoms with Crippen molar-refractivity contribution in [2.75, 3.05) is 7.11 Å². The number of nitriles is 1. The van der Waals surface area contributed by atoms with E-state index in [2.05, 4.69) is 25.7 Å². The van der Waals surface area contributed by atoms with Crippen LogP contribution in [-0.4, -0.2) is 18.1 Å². The molecule has 1 rings (SSSR count). The molecule has 0 fully saturated rings. The molecule has 4 nitrogen and oxygen atoms in total. The number of aromatic nitrogens is 1. The molecule has 0 bridgehead atoms. The standard InChI is InChI=1S/C10H7BrF2N2O2/c1-17-10(16)6-2-5(4-14)15-8(9(12)13)7(6)3-11/h2,9H,3H2,1H3. The summed E-state index contributed by atoms with van der Waals surface area (Å²) in [7, 11) is 1.13. The highest BCUT2D eigenvalue weighted by Gasteiger charge is 2.23. The van der Waals surface area contributed by atoms with E-state index in [0.717, 1.165) is 13.2 Å². The van der Waals surface area contributed by atoms with Gasteiger partial charge in [-0.2, -0.15) is 5.26 Å². The highest BCUT2D eigenvalue weighted by atomic mass is 79.9. The number of carbonyl (C=O) groups excluding carboxylic acids is 1. The van der Waals surface area contributed by atoms with Gasteiger partial charge in [0.2, 0.25) is 0 Å². The van der Waals surface area contributed by atoms with Gasteiger partial charge in [-0.25, -0.2) is 18.6 Å². The van der Waals surface area contributed by atoms with Gasteiger partial charge in [0.15, 0.2) is 0 Å². The third kappa shape index (κ3) is 2.77. The third-order valence-corrected chi connectivity index (χ3v) is 2.58. The zero-order valence-corrected chi connectivity index (χ0v) is 10.3. The number of nitrogens with zero attached hydrogens (tertiary/aromatic N) is 2. The van der Waals surface area contributed by atoms with Gasteiger partial charge in [-0.3, -0.25) is 0 Å². The SMILES string of the molecule is COC(=O)c1cc(C#N)nc(C(F)F)c1CBr. The summed E-state index contributed by atoms with van der Waals surface area (Å²) in [6, 6.07) is 2.76. The molecule has 0 aliphatic rings. The first-order valence-corrected chi connectivity index (χ1v) is 5.53. The molecule has 0 saturated heterocycles. The Bertz CT molecular complexity index is 486. The van der Waals surface area contributed by atoms with Crippen molar-refractivity contribution >= 4 is 21.9 Å². The molecule has 0 aliphatic heterocycles. The molecule has 0 aromatic carbocycles. The summed E-state index contributed by atoms with van der Waals surface area (Å²) in [5.41, 5.74) is -0.871. The van der Waals surface area contributed by atoms with Crippen molar-refractivity contribution < 1.29 is 18.3 Å². The maximum atomic E-state index is 12.7. The predicted octanol–water partition coefficient (Wildman–Crippen LogP) is 2.57. The summed E-state index contributed by atoms with van der Waals surface area (Å²) >= 11 is 3.01. The van der Waals surface area contributed by atoms with Gasteiger partial charge in [0.1, 0.15) is 17.5 Å². The molecule has 0 spiro atoms. The lowest BCUT2D eigenvalue weighted by Crippen LogP contribution is -2.10. The highest BCUT2D eigenvalue weighted by molar-refractivity contribution is 9.08. The zero-order valence-electron chi connectivity index (χ0n) is 8.71. The van der Waals surface area contributed by atoms with E-state index in [-0.39, 0.29) is 22.2 Å². The van der Waals surface area contributed by atoms with Gasteiger partial charge in [0.05, 0.1) is 12.7 Å². The molecule has 0 amide bonds. The van der Waals surface area contributed by atoms with Crippen molar-refractivity contribution in [2.24, 2.45) is 0 Å². The second-order valence-electron chi connectivity index (χ2n) is 2.96. The van der Waals surface area contributed by atoms with Gasteiger partial charge in [0, 0.05) is 10.9 Å². The van der Waals surface area contributed by atoms with E-state index in [0.29, 0.717) is 0 Å². The van der Waals surface area contributed by atoms with E-state index in [4.69, 9.17) is 5.26 Å². The molecule has 17 heavy (non-hydrogen) atoms. The number of rotatable bonds is 3. The number of ether oxygens (including phenoxy) is 1. The maximum absolute atomic E-state index is 12.7. The monoisotopic (exact) mass is 304 g/mol. The molecule has 0 saturated carbocycles. The normalized spacial score (nSPS) is 10.1. The number of pyridine rings is 1. The number of hydrogen-bond acceptors (Lipinski definition) is 4. The van der Waals surface area contributed by atoms with Crippen LogP contribution in [0.5, 0.6) is 0 Å². The van der Waals surface area contributed by atoms with E-state index in [1.54, 1.807) is 6.07 Å². The average Bonchev–Trinajstić information content (AvgIpc) is 2.35. The van der Waals surface area contributed by atoms with Crippen molar-refractivity contribution in [3.05, 3.63) is 28.6 Å². The number of halogens is 3. The smallest absolute Gasteiger partial charge is 0.338 e. The summed E-state index contributed by atoms with van der Waals surface area (Å²) in [4.78, 5) is 14.9. The fraction of sp³-hybridized carbons (Fsp3) is 0.300. The largest absolute Gasteiger partial charge is 0.465 e. The van der Waals surface area contributed by atoms with Crippen LogP contribution < -0.4 is 0 Å². The van der Waals surface area contributed by atoms with E-state index in [9.17, 15) is 13.6 Å². The second-order valence-corrected chi connectivity index (χ2v) is 3.52. The van der Waals surface area contributed by atoms with Gasteiger partial charge in [-0.05, 0) is 6.07 Å². The Morgan fingerprint density at radius 3 is 2.76 bits per heavy atom. The van der Waals surface area contributed by atoms with Crippen molar-refractivity contribution in [2.45, 2.75) is 11.8 Å². The predicted molar refractivity (Wildman–Crippen MR) is 57.9 cm³/mol. The van der Waals surface area contributed by atoms with Gasteiger partial charge in [0.25, 0.3) is 6.43 Å². The Morgan fingerprint density at radius 2 is 2.35 bits per heavy atom. The molecule has 1 aromatic heterocycles. The topological polar surface area (TPSA) is 63.0 Å². The van der Waals surface area contributed by atoms with Crippen LogP contribution in [-0.2, 0) is 10.1 Å². The Morgan fingerprint density at radius 1 is 1.71 bits per heavy atom. The van der Waals surface area contributed by atoms with Crippen molar-refractivity contribution in [3.8, 4) is 6.07 Å². The molecular weight excluding hydrogens is 298 g/mol. The molecule has 1 aromatic rings. The maximum Gasteiger partial charge on any atom is 0.338 e. The van der Waals surface area contributed by atoms with E-state index in [1.807, 2.05) is 0 Å². The summed E-state index contributed by atoms with van der Waals surface area (Å²) in [5, 5.41) is 8.69. The van der Waals surface area contributed by atoms with Gasteiger partial charge >= 0.3 is 5.97 Å². The molecule has 90 valence electrons. The first-order valence-electron chi connectivity index (χ1n) is 4.41. The van der Waals surface area contributed by atoms with Crippen LogP contribution in [0.15, 0.2) is 6.07 Å². The number of esters is 1. The third-order valence-electron chi connectivity index (χ3n) is 2.02. The lowest BCUT2D eigenvalue weighted by atomic mass is 10.1. The molecule has 1 heterocycles. The minimum atomic E-state index is -2.86. The quantitative estimate of drug-likeness (QED) is 0.636. The second kappa shape index (κ2) is 5.68. The van der Waals surface area contributed by atoms with Crippen molar-refractivity contribution in [1.29, 1.82) is 5.26 Å². The molecule has 0 radical (unpaired) electrons. The number of carbonyl (C=O) groups is 1. The molecule has 0 aliphatic carbocycles. The molecule has 0 unspecified atom stereocenters. The van der Waals surface area contributed by atoms with Crippen molar-refractivity contribution in [1.82, 2.24) is 4.98 Å². The van der Waals surface area contributed by atoms with E-state index >= 15 is 0 Å². The van der Waals surface area contributed by atoms with Gasteiger partial charge < -0.3 is 4.74 Å². The average molecular weight is 305 g/mol. The number of hydrogen-bond donors (Lipinski definition) is 0. The number of alkyl halides is 3. The summed E-state index contributed by atoms with van der Waals surface area (Å²) in [5.74, 6) is -0.778.